The van der Waals surface area contributed by atoms with E-state index >= 15 is 0 Å². The van der Waals surface area contributed by atoms with Crippen LogP contribution in [0.15, 0.2) is 253 Å². The second kappa shape index (κ2) is 50.7. The molecule has 4 saturated carbocycles. The SMILES string of the molecule is C#CC1CCCC1.C1CCCC1.C1CCCC1.O=C(CCCc1ccc2ccc3cccc4ccc1c2c34)Nc1ccc(-n2cc(C3CCCC3)nn2)cc1.O=C(O)CCCc1ccc2ccc3cccc4ccc1c2c34.[CH3-].[CH3-].[CH3-].[CH3-].[Fe+2].[Fe+2].[I-].[N-]=[N+]=Nc1ccc(NC(=O)CCCc2ccc3ccc4cccc5ccc2c3c45)cc1.[N-]=[N+]=Nc1ccc([NH3+])cc1. The van der Waals surface area contributed by atoms with E-state index in [0.29, 0.717) is 48.2 Å². The standard InChI is InChI=1S/C33H30N4O.C26H20N4O.C20H16O2.C7H10.C6H6N4.2C5H10.4CH3.2Fe.HI/c38-31(34-27-16-18-28(19-17-27)37-21-30(35-36-37)23-5-1-2-6-23)10-4-7-22-11-12-26-14-13-24-8-3-9-25-15-20-29(22)33(26)32(24)25;27-30-29-22-14-12-21(13-15-22)28-24(31)6-2-3-17-7-8-20-10-9-18-4-1-5-19-11-16-23(17)26(20)25(18)19;21-18(22)6-2-3-13-7-8-16-10-9-14-4-1-5-15-11-12-17(13)20(16)19(14)15;1-2-7-5-3-4-6-7;7-5-1-3-6(4-2-5)9-10-8;2*1-2-4-5-3-1;;;;;;;/h3,8-9,11-21,23H,1-2,4-7,10H2,(H,34,38);1,4-5,7-16H,2-3,6H2,(H,28,31);1,4-5,7-12H,2-3,6H2,(H,21,22);1,7H,3-6H2;1-4H,7H2;2*1-5H2;4*1H3;;;1H/q;;;;;;;4*-1;2*+2;. The number of hydrogen-bond donors (Lipinski definition) is 4. The molecule has 125 heavy (non-hydrogen) atoms. The third-order valence-electron chi connectivity index (χ3n) is 23.6. The van der Waals surface area contributed by atoms with Gasteiger partial charge in [0.1, 0.15) is 5.69 Å². The maximum absolute atomic E-state index is 12.7. The Hall–Kier alpha value is -11.1. The third kappa shape index (κ3) is 26.5. The summed E-state index contributed by atoms with van der Waals surface area (Å²) in [5.41, 5.74) is 29.6. The molecule has 20 rings (SSSR count). The van der Waals surface area contributed by atoms with Crippen LogP contribution in [0.3, 0.4) is 0 Å². The molecule has 19 heteroatoms. The van der Waals surface area contributed by atoms with E-state index in [0.717, 1.165) is 54.9 Å². The van der Waals surface area contributed by atoms with Gasteiger partial charge in [-0.15, -0.1) is 17.4 Å². The molecule has 0 saturated heterocycles. The van der Waals surface area contributed by atoms with Crippen LogP contribution in [0.2, 0.25) is 0 Å². The number of anilines is 2. The second-order valence-corrected chi connectivity index (χ2v) is 31.7. The first-order chi connectivity index (χ1) is 57.9. The number of carboxylic acids is 1. The predicted molar refractivity (Wildman–Crippen MR) is 512 cm³/mol. The van der Waals surface area contributed by atoms with Gasteiger partial charge < -0.3 is 75.2 Å². The Morgan fingerprint density at radius 1 is 0.424 bits per heavy atom. The first-order valence-electron chi connectivity index (χ1n) is 42.3. The summed E-state index contributed by atoms with van der Waals surface area (Å²) >= 11 is 0. The van der Waals surface area contributed by atoms with E-state index in [1.165, 1.54) is 229 Å². The Morgan fingerprint density at radius 3 is 1.07 bits per heavy atom. The van der Waals surface area contributed by atoms with Gasteiger partial charge in [0.15, 0.2) is 0 Å². The molecular weight excluding hydrogens is 1740 g/mol. The fourth-order valence-corrected chi connectivity index (χ4v) is 17.4. The van der Waals surface area contributed by atoms with E-state index in [2.05, 4.69) is 216 Å². The molecular formula is C106H115Fe2IN12O4. The zero-order valence-corrected chi connectivity index (χ0v) is 76.8. The summed E-state index contributed by atoms with van der Waals surface area (Å²) in [4.78, 5) is 41.2. The number of nitrogens with one attached hydrogen (secondary N) is 2. The zero-order chi connectivity index (χ0) is 81.4. The number of halogens is 1. The first-order valence-corrected chi connectivity index (χ1v) is 42.3. The number of hydrogen-bond acceptors (Lipinski definition) is 7. The monoisotopic (exact) mass is 1860 g/mol. The predicted octanol–water partition coefficient (Wildman–Crippen LogP) is 26.3. The maximum Gasteiger partial charge on any atom is 2.00 e. The van der Waals surface area contributed by atoms with Crippen molar-refractivity contribution >= 4 is 143 Å². The molecule has 0 aliphatic heterocycles. The minimum Gasteiger partial charge on any atom is -1.00 e. The van der Waals surface area contributed by atoms with Gasteiger partial charge in [-0.3, -0.25) is 14.4 Å². The number of rotatable bonds is 18. The first kappa shape index (κ1) is 101. The van der Waals surface area contributed by atoms with Gasteiger partial charge in [-0.1, -0.05) is 281 Å². The topological polar surface area (TPSA) is 251 Å². The summed E-state index contributed by atoms with van der Waals surface area (Å²) in [6.07, 6.45) is 38.4. The van der Waals surface area contributed by atoms with E-state index in [4.69, 9.17) is 22.6 Å². The summed E-state index contributed by atoms with van der Waals surface area (Å²) < 4.78 is 1.83. The van der Waals surface area contributed by atoms with E-state index in [1.807, 2.05) is 35.1 Å². The van der Waals surface area contributed by atoms with Gasteiger partial charge in [0, 0.05) is 63.7 Å². The zero-order valence-electron chi connectivity index (χ0n) is 72.4. The fourth-order valence-electron chi connectivity index (χ4n) is 17.4. The van der Waals surface area contributed by atoms with Crippen LogP contribution in [-0.2, 0) is 67.8 Å². The van der Waals surface area contributed by atoms with Crippen molar-refractivity contribution in [1.82, 2.24) is 15.0 Å². The van der Waals surface area contributed by atoms with Gasteiger partial charge in [-0.2, -0.15) is 0 Å². The normalized spacial score (nSPS) is 13.0. The van der Waals surface area contributed by atoms with E-state index < -0.39 is 5.97 Å². The molecule has 15 aromatic carbocycles. The summed E-state index contributed by atoms with van der Waals surface area (Å²) in [5.74, 6) is 3.23. The van der Waals surface area contributed by atoms with Crippen molar-refractivity contribution in [2.45, 2.75) is 179 Å². The fraction of sp³-hybridized carbons (Fsp3) is 0.274. The van der Waals surface area contributed by atoms with E-state index in [-0.39, 0.29) is 106 Å². The van der Waals surface area contributed by atoms with Crippen LogP contribution in [-0.4, -0.2) is 37.9 Å². The van der Waals surface area contributed by atoms with E-state index in [1.54, 1.807) is 48.5 Å². The second-order valence-electron chi connectivity index (χ2n) is 31.7. The van der Waals surface area contributed by atoms with Crippen molar-refractivity contribution in [3.8, 4) is 18.0 Å². The Bertz CT molecular complexity index is 6150. The number of terminal acetylenes is 1. The number of carbonyl (C=O) groups excluding carboxylic acids is 2. The Kier molecular flexibility index (Phi) is 41.0. The molecule has 0 bridgehead atoms. The third-order valence-corrected chi connectivity index (χ3v) is 23.6. The van der Waals surface area contributed by atoms with Crippen molar-refractivity contribution in [1.29, 1.82) is 0 Å². The van der Waals surface area contributed by atoms with Crippen LogP contribution >= 0.6 is 0 Å². The Balaban J connectivity index is 0.000000221. The molecule has 0 atom stereocenters. The van der Waals surface area contributed by atoms with Crippen LogP contribution < -0.4 is 40.3 Å². The quantitative estimate of drug-likeness (QED) is 0.00949. The Morgan fingerprint density at radius 2 is 0.736 bits per heavy atom. The Labute approximate surface area is 775 Å². The molecule has 0 radical (unpaired) electrons. The van der Waals surface area contributed by atoms with Crippen molar-refractivity contribution in [2.75, 3.05) is 10.6 Å². The smallest absolute Gasteiger partial charge is 1.00 e. The van der Waals surface area contributed by atoms with Gasteiger partial charge >= 0.3 is 40.1 Å². The summed E-state index contributed by atoms with van der Waals surface area (Å²) in [6.45, 7) is 0. The number of benzene rings is 15. The maximum atomic E-state index is 12.7. The van der Waals surface area contributed by atoms with Gasteiger partial charge in [0.25, 0.3) is 0 Å². The molecule has 16 aromatic rings. The average molecular weight is 1860 g/mol. The van der Waals surface area contributed by atoms with Crippen molar-refractivity contribution in [2.24, 2.45) is 16.1 Å². The number of aliphatic carboxylic acids is 1. The van der Waals surface area contributed by atoms with Crippen molar-refractivity contribution in [3.63, 3.8) is 0 Å². The van der Waals surface area contributed by atoms with Crippen LogP contribution in [0.5, 0.6) is 0 Å². The molecule has 6 N–H and O–H groups in total. The molecule has 4 aliphatic carbocycles. The number of quaternary nitrogens is 1. The minimum atomic E-state index is -0.724. The number of aryl methyl sites for hydroxylation is 3. The summed E-state index contributed by atoms with van der Waals surface area (Å²) in [7, 11) is 0. The van der Waals surface area contributed by atoms with Gasteiger partial charge in [0.2, 0.25) is 11.8 Å². The minimum absolute atomic E-state index is 0. The molecule has 16 nitrogen and oxygen atoms in total. The van der Waals surface area contributed by atoms with E-state index in [9.17, 15) is 14.4 Å². The molecule has 0 unspecified atom stereocenters. The number of carbonyl (C=O) groups is 3. The van der Waals surface area contributed by atoms with Crippen LogP contribution in [0.25, 0.3) is 124 Å². The van der Waals surface area contributed by atoms with Crippen LogP contribution in [0.4, 0.5) is 28.4 Å². The van der Waals surface area contributed by atoms with Gasteiger partial charge in [-0.25, -0.2) is 4.68 Å². The van der Waals surface area contributed by atoms with Crippen molar-refractivity contribution < 1.29 is 83.3 Å². The molecule has 646 valence electrons. The number of carboxylic acid groups (broad SMARTS) is 1. The van der Waals surface area contributed by atoms with Crippen molar-refractivity contribution in [3.05, 3.63) is 316 Å². The van der Waals surface area contributed by atoms with Gasteiger partial charge in [0.05, 0.1) is 17.6 Å². The van der Waals surface area contributed by atoms with Gasteiger partial charge in [-0.05, 0) is 250 Å². The summed E-state index contributed by atoms with van der Waals surface area (Å²) in [6, 6.07) is 80.5. The molecule has 4 fully saturated rings. The molecule has 1 heterocycles. The molecule has 0 spiro atoms. The van der Waals surface area contributed by atoms with Crippen LogP contribution in [0.1, 0.15) is 182 Å². The average Bonchev–Trinajstić information content (AvgIpc) is 0.926. The molecule has 1 aromatic heterocycles. The van der Waals surface area contributed by atoms with Crippen LogP contribution in [0, 0.1) is 48.0 Å². The number of nitrogens with zero attached hydrogens (tertiary/aromatic N) is 9. The number of amides is 2. The number of aromatic nitrogens is 3. The largest absolute Gasteiger partial charge is 2.00 e. The molecule has 2 amide bonds. The molecule has 4 aliphatic rings. The number of azide groups is 2. The summed E-state index contributed by atoms with van der Waals surface area (Å²) in [5, 5.41) is 53.6.